The van der Waals surface area contributed by atoms with Gasteiger partial charge in [0.2, 0.25) is 0 Å². The van der Waals surface area contributed by atoms with Crippen LogP contribution in [0.15, 0.2) is 23.5 Å². The van der Waals surface area contributed by atoms with Gasteiger partial charge in [-0.1, -0.05) is 5.57 Å². The molecule has 0 bridgehead atoms. The van der Waals surface area contributed by atoms with Crippen molar-refractivity contribution in [3.63, 3.8) is 0 Å². The van der Waals surface area contributed by atoms with E-state index in [1.807, 2.05) is 0 Å². The van der Waals surface area contributed by atoms with E-state index in [2.05, 4.69) is 4.18 Å². The Bertz CT molecular complexity index is 545. The summed E-state index contributed by atoms with van der Waals surface area (Å²) in [5, 5.41) is 0. The van der Waals surface area contributed by atoms with E-state index in [0.717, 1.165) is 12.2 Å². The van der Waals surface area contributed by atoms with Gasteiger partial charge in [-0.05, 0) is 32.4 Å². The third-order valence-corrected chi connectivity index (χ3v) is 3.51. The molecular weight excluding hydrogens is 301 g/mol. The summed E-state index contributed by atoms with van der Waals surface area (Å²) in [6.45, 7) is 3.29. The summed E-state index contributed by atoms with van der Waals surface area (Å²) in [4.78, 5) is 11.5. The van der Waals surface area contributed by atoms with E-state index in [1.165, 1.54) is 6.92 Å². The molecule has 9 heteroatoms. The first-order chi connectivity index (χ1) is 9.08. The van der Waals surface area contributed by atoms with E-state index in [0.29, 0.717) is 5.57 Å². The van der Waals surface area contributed by atoms with E-state index in [9.17, 15) is 26.4 Å². The van der Waals surface area contributed by atoms with Gasteiger partial charge in [0.15, 0.2) is 0 Å². The van der Waals surface area contributed by atoms with E-state index in [1.54, 1.807) is 6.92 Å². The van der Waals surface area contributed by atoms with E-state index >= 15 is 0 Å². The predicted molar refractivity (Wildman–Crippen MR) is 62.6 cm³/mol. The van der Waals surface area contributed by atoms with Crippen molar-refractivity contribution in [2.45, 2.75) is 25.8 Å². The number of alkyl halides is 3. The minimum Gasteiger partial charge on any atom is -0.466 e. The van der Waals surface area contributed by atoms with Crippen molar-refractivity contribution < 1.29 is 35.3 Å². The molecule has 1 aliphatic carbocycles. The molecule has 0 aliphatic heterocycles. The van der Waals surface area contributed by atoms with Crippen LogP contribution < -0.4 is 0 Å². The van der Waals surface area contributed by atoms with Crippen LogP contribution in [0.1, 0.15) is 20.3 Å². The smallest absolute Gasteiger partial charge is 0.466 e. The van der Waals surface area contributed by atoms with Gasteiger partial charge in [-0.3, -0.25) is 4.79 Å². The Balaban J connectivity index is 2.83. The summed E-state index contributed by atoms with van der Waals surface area (Å²) < 4.78 is 66.9. The van der Waals surface area contributed by atoms with Gasteiger partial charge < -0.3 is 8.92 Å². The van der Waals surface area contributed by atoms with Crippen molar-refractivity contribution in [3.8, 4) is 0 Å². The molecule has 114 valence electrons. The average molecular weight is 314 g/mol. The number of hydrogen-bond donors (Lipinski definition) is 0. The Morgan fingerprint density at radius 1 is 1.45 bits per heavy atom. The first kappa shape index (κ1) is 16.5. The molecule has 0 spiro atoms. The van der Waals surface area contributed by atoms with E-state index < -0.39 is 33.3 Å². The van der Waals surface area contributed by atoms with Gasteiger partial charge in [0.1, 0.15) is 5.76 Å². The Labute approximate surface area is 114 Å². The van der Waals surface area contributed by atoms with Gasteiger partial charge in [-0.25, -0.2) is 0 Å². The van der Waals surface area contributed by atoms with Crippen LogP contribution in [-0.2, 0) is 23.8 Å². The Hall–Kier alpha value is -1.51. The zero-order valence-corrected chi connectivity index (χ0v) is 11.5. The van der Waals surface area contributed by atoms with Crippen LogP contribution in [0.4, 0.5) is 13.2 Å². The molecule has 0 amide bonds. The van der Waals surface area contributed by atoms with Crippen LogP contribution >= 0.6 is 0 Å². The SMILES string of the molecule is CCOC(=O)C1CC=C(OS(=O)(=O)C(F)(F)F)C=C1C. The highest BCUT2D eigenvalue weighted by Gasteiger charge is 2.48. The highest BCUT2D eigenvalue weighted by molar-refractivity contribution is 7.87. The molecule has 1 unspecified atom stereocenters. The molecule has 0 aromatic rings. The maximum absolute atomic E-state index is 12.2. The van der Waals surface area contributed by atoms with Crippen molar-refractivity contribution in [1.82, 2.24) is 0 Å². The largest absolute Gasteiger partial charge is 0.534 e. The fourth-order valence-corrected chi connectivity index (χ4v) is 2.02. The average Bonchev–Trinajstić information content (AvgIpc) is 2.27. The lowest BCUT2D eigenvalue weighted by Gasteiger charge is -2.20. The van der Waals surface area contributed by atoms with Crippen LogP contribution in [0, 0.1) is 5.92 Å². The van der Waals surface area contributed by atoms with Crippen LogP contribution in [0.2, 0.25) is 0 Å². The molecule has 0 aromatic heterocycles. The zero-order chi connectivity index (χ0) is 15.6. The molecule has 1 atom stereocenters. The summed E-state index contributed by atoms with van der Waals surface area (Å²) in [7, 11) is -5.70. The normalized spacial score (nSPS) is 19.9. The van der Waals surface area contributed by atoms with Gasteiger partial charge in [0, 0.05) is 0 Å². The third-order valence-electron chi connectivity index (χ3n) is 2.53. The van der Waals surface area contributed by atoms with Crippen molar-refractivity contribution in [1.29, 1.82) is 0 Å². The Morgan fingerprint density at radius 2 is 2.05 bits per heavy atom. The van der Waals surface area contributed by atoms with Crippen LogP contribution in [-0.4, -0.2) is 26.5 Å². The minimum absolute atomic E-state index is 0.0177. The molecular formula is C11H13F3O5S. The monoisotopic (exact) mass is 314 g/mol. The summed E-state index contributed by atoms with van der Waals surface area (Å²) >= 11 is 0. The van der Waals surface area contributed by atoms with Crippen molar-refractivity contribution in [2.75, 3.05) is 6.61 Å². The van der Waals surface area contributed by atoms with Crippen molar-refractivity contribution in [2.24, 2.45) is 5.92 Å². The van der Waals surface area contributed by atoms with E-state index in [-0.39, 0.29) is 13.0 Å². The zero-order valence-electron chi connectivity index (χ0n) is 10.7. The minimum atomic E-state index is -5.70. The molecule has 0 saturated heterocycles. The summed E-state index contributed by atoms with van der Waals surface area (Å²) in [6.07, 6.45) is 2.20. The molecule has 1 aliphatic rings. The standard InChI is InChI=1S/C11H13F3O5S/c1-3-18-10(15)9-5-4-8(6-7(9)2)19-20(16,17)11(12,13)14/h4,6,9H,3,5H2,1-2H3. The lowest BCUT2D eigenvalue weighted by molar-refractivity contribution is -0.146. The Morgan fingerprint density at radius 3 is 2.50 bits per heavy atom. The van der Waals surface area contributed by atoms with Gasteiger partial charge in [0.25, 0.3) is 0 Å². The van der Waals surface area contributed by atoms with Crippen LogP contribution in [0.5, 0.6) is 0 Å². The summed E-state index contributed by atoms with van der Waals surface area (Å²) in [5.41, 5.74) is -5.12. The van der Waals surface area contributed by atoms with Crippen LogP contribution in [0.25, 0.3) is 0 Å². The topological polar surface area (TPSA) is 69.7 Å². The second-order valence-corrected chi connectivity index (χ2v) is 5.56. The quantitative estimate of drug-likeness (QED) is 0.452. The predicted octanol–water partition coefficient (Wildman–Crippen LogP) is 2.27. The third kappa shape index (κ3) is 3.75. The fraction of sp³-hybridized carbons (Fsp3) is 0.545. The molecule has 20 heavy (non-hydrogen) atoms. The second-order valence-electron chi connectivity index (χ2n) is 4.02. The number of ether oxygens (including phenoxy) is 1. The number of carbonyl (C=O) groups excluding carboxylic acids is 1. The second kappa shape index (κ2) is 5.86. The Kier molecular flexibility index (Phi) is 4.85. The highest BCUT2D eigenvalue weighted by Crippen LogP contribution is 2.31. The van der Waals surface area contributed by atoms with Crippen molar-refractivity contribution >= 4 is 16.1 Å². The first-order valence-corrected chi connectivity index (χ1v) is 7.05. The van der Waals surface area contributed by atoms with Gasteiger partial charge in [-0.2, -0.15) is 21.6 Å². The number of hydrogen-bond acceptors (Lipinski definition) is 5. The maximum Gasteiger partial charge on any atom is 0.534 e. The lowest BCUT2D eigenvalue weighted by atomic mass is 9.92. The van der Waals surface area contributed by atoms with Gasteiger partial charge in [-0.15, -0.1) is 0 Å². The maximum atomic E-state index is 12.2. The molecule has 0 saturated carbocycles. The molecule has 0 radical (unpaired) electrons. The first-order valence-electron chi connectivity index (χ1n) is 5.64. The molecule has 0 heterocycles. The highest BCUT2D eigenvalue weighted by atomic mass is 32.2. The molecule has 1 rings (SSSR count). The summed E-state index contributed by atoms with van der Waals surface area (Å²) in [6, 6.07) is 0. The van der Waals surface area contributed by atoms with Gasteiger partial charge >= 0.3 is 21.6 Å². The molecule has 5 nitrogen and oxygen atoms in total. The molecule has 0 fully saturated rings. The summed E-state index contributed by atoms with van der Waals surface area (Å²) in [5.74, 6) is -1.62. The number of carbonyl (C=O) groups is 1. The lowest BCUT2D eigenvalue weighted by Crippen LogP contribution is -2.26. The number of esters is 1. The molecule has 0 aromatic carbocycles. The molecule has 0 N–H and O–H groups in total. The number of rotatable bonds is 4. The van der Waals surface area contributed by atoms with Crippen LogP contribution in [0.3, 0.4) is 0 Å². The number of halogens is 3. The fourth-order valence-electron chi connectivity index (χ4n) is 1.56. The van der Waals surface area contributed by atoms with Crippen molar-refractivity contribution in [3.05, 3.63) is 23.5 Å². The van der Waals surface area contributed by atoms with E-state index in [4.69, 9.17) is 4.74 Å². The number of allylic oxidation sites excluding steroid dienone is 2. The van der Waals surface area contributed by atoms with Gasteiger partial charge in [0.05, 0.1) is 12.5 Å².